The van der Waals surface area contributed by atoms with Crippen molar-refractivity contribution in [2.45, 2.75) is 37.5 Å². The van der Waals surface area contributed by atoms with Gasteiger partial charge in [0, 0.05) is 0 Å². The average molecular weight is 127 g/mol. The van der Waals surface area contributed by atoms with Gasteiger partial charge in [0.25, 0.3) is 0 Å². The summed E-state index contributed by atoms with van der Waals surface area (Å²) in [6, 6.07) is 0. The lowest BCUT2D eigenvalue weighted by atomic mass is 10.2. The fraction of sp³-hybridized carbons (Fsp3) is 1.00. The van der Waals surface area contributed by atoms with E-state index in [1.54, 1.807) is 0 Å². The quantitative estimate of drug-likeness (QED) is 0.459. The van der Waals surface area contributed by atoms with Crippen LogP contribution in [0.15, 0.2) is 0 Å². The second-order valence-corrected chi connectivity index (χ2v) is 2.93. The molecule has 3 aliphatic rings. The summed E-state index contributed by atoms with van der Waals surface area (Å²) in [5.74, 6) is 0. The van der Waals surface area contributed by atoms with Crippen LogP contribution in [0.25, 0.3) is 0 Å². The first-order valence-electron chi connectivity index (χ1n) is 3.50. The lowest BCUT2D eigenvalue weighted by Gasteiger charge is -1.88. The Labute approximate surface area is 53.3 Å². The molecule has 3 nitrogen and oxygen atoms in total. The summed E-state index contributed by atoms with van der Waals surface area (Å²) in [5, 5.41) is 3.25. The summed E-state index contributed by atoms with van der Waals surface area (Å²) in [5.41, 5.74) is 0. The molecule has 0 aromatic rings. The Bertz CT molecular complexity index is 134. The molecule has 3 heteroatoms. The van der Waals surface area contributed by atoms with E-state index in [0.29, 0.717) is 24.7 Å². The molecule has 3 heterocycles. The minimum atomic E-state index is 0.336. The Hall–Kier alpha value is -0.120. The van der Waals surface area contributed by atoms with E-state index in [0.717, 1.165) is 0 Å². The minimum Gasteiger partial charge on any atom is -0.353 e. The van der Waals surface area contributed by atoms with Gasteiger partial charge in [-0.05, 0) is 12.8 Å². The topological polar surface area (TPSA) is 37.1 Å². The molecular formula is C6H9NO2. The maximum Gasteiger partial charge on any atom is 0.137 e. The molecule has 0 spiro atoms. The zero-order chi connectivity index (χ0) is 5.84. The zero-order valence-corrected chi connectivity index (χ0v) is 5.04. The number of hydrogen-bond acceptors (Lipinski definition) is 3. The monoisotopic (exact) mass is 127 g/mol. The molecular weight excluding hydrogens is 118 g/mol. The van der Waals surface area contributed by atoms with Gasteiger partial charge < -0.3 is 9.47 Å². The number of fused-ring (bicyclic) bond motifs is 2. The summed E-state index contributed by atoms with van der Waals surface area (Å²) >= 11 is 0. The van der Waals surface area contributed by atoms with Crippen molar-refractivity contribution < 1.29 is 9.47 Å². The standard InChI is InChI=1S/C6H9NO2/c1-2-4-6(9-4)7-5-3(1)8-5/h3-7H,1-2H2. The number of ether oxygens (including phenoxy) is 2. The van der Waals surface area contributed by atoms with E-state index in [1.165, 1.54) is 12.8 Å². The van der Waals surface area contributed by atoms with E-state index < -0.39 is 0 Å². The molecule has 3 saturated heterocycles. The Balaban J connectivity index is 1.77. The Morgan fingerprint density at radius 3 is 2.11 bits per heavy atom. The van der Waals surface area contributed by atoms with E-state index in [-0.39, 0.29) is 0 Å². The molecule has 4 atom stereocenters. The van der Waals surface area contributed by atoms with Crippen molar-refractivity contribution in [1.29, 1.82) is 0 Å². The molecule has 4 unspecified atom stereocenters. The molecule has 1 N–H and O–H groups in total. The summed E-state index contributed by atoms with van der Waals surface area (Å²) in [4.78, 5) is 0. The average Bonchev–Trinajstić information content (AvgIpc) is 2.54. The summed E-state index contributed by atoms with van der Waals surface area (Å²) in [7, 11) is 0. The Kier molecular flexibility index (Phi) is 0.678. The van der Waals surface area contributed by atoms with Gasteiger partial charge in [0.2, 0.25) is 0 Å². The largest absolute Gasteiger partial charge is 0.353 e. The van der Waals surface area contributed by atoms with E-state index in [4.69, 9.17) is 9.47 Å². The highest BCUT2D eigenvalue weighted by Gasteiger charge is 2.51. The molecule has 0 aromatic heterocycles. The number of nitrogens with one attached hydrogen (secondary N) is 1. The summed E-state index contributed by atoms with van der Waals surface area (Å²) in [6.45, 7) is 0. The van der Waals surface area contributed by atoms with Gasteiger partial charge >= 0.3 is 0 Å². The predicted molar refractivity (Wildman–Crippen MR) is 29.7 cm³/mol. The number of rotatable bonds is 0. The fourth-order valence-corrected chi connectivity index (χ4v) is 1.51. The molecule has 50 valence electrons. The summed E-state index contributed by atoms with van der Waals surface area (Å²) in [6.07, 6.45) is 4.06. The molecule has 3 rings (SSSR count). The van der Waals surface area contributed by atoms with Gasteiger partial charge in [0.1, 0.15) is 12.5 Å². The van der Waals surface area contributed by atoms with Crippen molar-refractivity contribution >= 4 is 0 Å². The van der Waals surface area contributed by atoms with Crippen LogP contribution in [0.5, 0.6) is 0 Å². The third-order valence-corrected chi connectivity index (χ3v) is 2.23. The van der Waals surface area contributed by atoms with E-state index >= 15 is 0 Å². The van der Waals surface area contributed by atoms with Crippen molar-refractivity contribution in [3.63, 3.8) is 0 Å². The third kappa shape index (κ3) is 0.625. The lowest BCUT2D eigenvalue weighted by molar-refractivity contribution is 0.301. The van der Waals surface area contributed by atoms with Crippen LogP contribution in [-0.2, 0) is 9.47 Å². The van der Waals surface area contributed by atoms with E-state index in [9.17, 15) is 0 Å². The molecule has 0 saturated carbocycles. The van der Waals surface area contributed by atoms with Crippen LogP contribution in [0.1, 0.15) is 12.8 Å². The molecule has 9 heavy (non-hydrogen) atoms. The van der Waals surface area contributed by atoms with Crippen LogP contribution < -0.4 is 5.32 Å². The van der Waals surface area contributed by atoms with Crippen molar-refractivity contribution in [1.82, 2.24) is 5.32 Å². The molecule has 0 aliphatic carbocycles. The molecule has 0 amide bonds. The molecule has 3 fully saturated rings. The van der Waals surface area contributed by atoms with Crippen LogP contribution in [0.3, 0.4) is 0 Å². The Morgan fingerprint density at radius 1 is 1.00 bits per heavy atom. The van der Waals surface area contributed by atoms with E-state index in [2.05, 4.69) is 5.32 Å². The van der Waals surface area contributed by atoms with Crippen molar-refractivity contribution in [2.24, 2.45) is 0 Å². The maximum atomic E-state index is 5.26. The highest BCUT2D eigenvalue weighted by atomic mass is 16.6. The smallest absolute Gasteiger partial charge is 0.137 e. The van der Waals surface area contributed by atoms with Gasteiger partial charge in [0.05, 0.1) is 12.2 Å². The predicted octanol–water partition coefficient (Wildman–Crippen LogP) is -0.180. The molecule has 0 bridgehead atoms. The maximum absolute atomic E-state index is 5.26. The highest BCUT2D eigenvalue weighted by Crippen LogP contribution is 2.36. The summed E-state index contributed by atoms with van der Waals surface area (Å²) < 4.78 is 10.5. The van der Waals surface area contributed by atoms with Crippen molar-refractivity contribution in [2.75, 3.05) is 0 Å². The first-order valence-corrected chi connectivity index (χ1v) is 3.50. The minimum absolute atomic E-state index is 0.336. The number of epoxide rings is 2. The first-order chi connectivity index (χ1) is 4.43. The van der Waals surface area contributed by atoms with Crippen LogP contribution in [0, 0.1) is 0 Å². The normalized spacial score (nSPS) is 61.3. The molecule has 3 aliphatic heterocycles. The van der Waals surface area contributed by atoms with Crippen molar-refractivity contribution in [3.05, 3.63) is 0 Å². The van der Waals surface area contributed by atoms with Crippen LogP contribution >= 0.6 is 0 Å². The van der Waals surface area contributed by atoms with Gasteiger partial charge in [-0.2, -0.15) is 0 Å². The highest BCUT2D eigenvalue weighted by molar-refractivity contribution is 4.96. The van der Waals surface area contributed by atoms with Crippen molar-refractivity contribution in [3.8, 4) is 0 Å². The van der Waals surface area contributed by atoms with Gasteiger partial charge in [-0.25, -0.2) is 0 Å². The number of hydrogen-bond donors (Lipinski definition) is 1. The third-order valence-electron chi connectivity index (χ3n) is 2.23. The second kappa shape index (κ2) is 1.31. The van der Waals surface area contributed by atoms with Crippen LogP contribution in [0.4, 0.5) is 0 Å². The zero-order valence-electron chi connectivity index (χ0n) is 5.04. The van der Waals surface area contributed by atoms with Gasteiger partial charge in [-0.3, -0.25) is 5.32 Å². The molecule has 0 radical (unpaired) electrons. The Morgan fingerprint density at radius 2 is 1.56 bits per heavy atom. The second-order valence-electron chi connectivity index (χ2n) is 2.93. The molecule has 0 aromatic carbocycles. The van der Waals surface area contributed by atoms with E-state index in [1.807, 2.05) is 0 Å². The van der Waals surface area contributed by atoms with Gasteiger partial charge in [-0.1, -0.05) is 0 Å². The first kappa shape index (κ1) is 4.66. The van der Waals surface area contributed by atoms with Crippen LogP contribution in [0.2, 0.25) is 0 Å². The van der Waals surface area contributed by atoms with Gasteiger partial charge in [0.15, 0.2) is 0 Å². The van der Waals surface area contributed by atoms with Gasteiger partial charge in [-0.15, -0.1) is 0 Å². The van der Waals surface area contributed by atoms with Crippen LogP contribution in [-0.4, -0.2) is 24.7 Å². The lowest BCUT2D eigenvalue weighted by Crippen LogP contribution is -2.22. The fourth-order valence-electron chi connectivity index (χ4n) is 1.51. The SMILES string of the molecule is C1CC2OC2NC2OC12.